The van der Waals surface area contributed by atoms with Crippen molar-refractivity contribution < 1.29 is 12.0 Å². The number of rotatable bonds is 3. The summed E-state index contributed by atoms with van der Waals surface area (Å²) >= 11 is 0. The van der Waals surface area contributed by atoms with Crippen molar-refractivity contribution in [3.63, 3.8) is 0 Å². The Hall–Kier alpha value is -0.860. The van der Waals surface area contributed by atoms with Crippen LogP contribution in [0.25, 0.3) is 0 Å². The summed E-state index contributed by atoms with van der Waals surface area (Å²) in [5.41, 5.74) is 0.161. The van der Waals surface area contributed by atoms with Crippen LogP contribution in [0.3, 0.4) is 0 Å². The first kappa shape index (κ1) is 4.40. The molecule has 2 N–H and O–H groups in total. The van der Waals surface area contributed by atoms with E-state index in [4.69, 9.17) is 6.85 Å². The van der Waals surface area contributed by atoms with Crippen LogP contribution in [0, 0.1) is 0 Å². The number of likely N-dealkylation sites (N-methyl/N-ethyl adjacent to an activating group) is 1. The number of hydrogen-bond donors (Lipinski definition) is 2. The summed E-state index contributed by atoms with van der Waals surface area (Å²) in [5, 5.41) is 12.0. The van der Waals surface area contributed by atoms with Crippen molar-refractivity contribution in [2.75, 3.05) is 6.98 Å². The zero-order valence-corrected chi connectivity index (χ0v) is 6.83. The number of benzene rings is 1. The van der Waals surface area contributed by atoms with Gasteiger partial charge in [0.25, 0.3) is 0 Å². The van der Waals surface area contributed by atoms with Crippen molar-refractivity contribution in [1.29, 1.82) is 0 Å². The molecule has 0 aromatic heterocycles. The van der Waals surface area contributed by atoms with E-state index in [-0.39, 0.29) is 5.56 Å². The summed E-state index contributed by atoms with van der Waals surface area (Å²) in [6, 6.07) is 5.82. The highest BCUT2D eigenvalue weighted by Crippen LogP contribution is 2.15. The van der Waals surface area contributed by atoms with Gasteiger partial charge in [0.2, 0.25) is 0 Å². The minimum absolute atomic E-state index is 0.161. The highest BCUT2D eigenvalue weighted by Gasteiger charge is 2.12. The Balaban J connectivity index is 3.05. The van der Waals surface area contributed by atoms with E-state index in [1.54, 1.807) is 18.2 Å². The van der Waals surface area contributed by atoms with E-state index in [0.717, 1.165) is 6.92 Å². The second-order valence-electron chi connectivity index (χ2n) is 2.46. The predicted octanol–water partition coefficient (Wildman–Crippen LogP) is 1.33. The fourth-order valence-electron chi connectivity index (χ4n) is 0.872. The lowest BCUT2D eigenvalue weighted by atomic mass is 10.0. The maximum Gasteiger partial charge on any atom is 0.0940 e. The molecule has 0 aliphatic carbocycles. The van der Waals surface area contributed by atoms with Crippen molar-refractivity contribution in [3.8, 4) is 0 Å². The molecule has 1 aromatic carbocycles. The molecule has 12 heavy (non-hydrogen) atoms. The molecular weight excluding hydrogens is 150 g/mol. The molecule has 0 radical (unpaired) electrons. The van der Waals surface area contributed by atoms with Gasteiger partial charge in [0.15, 0.2) is 0 Å². The van der Waals surface area contributed by atoms with Crippen LogP contribution in [0.15, 0.2) is 30.3 Å². The fourth-order valence-corrected chi connectivity index (χ4v) is 0.872. The zero-order valence-electron chi connectivity index (χ0n) is 11.8. The van der Waals surface area contributed by atoms with E-state index in [2.05, 4.69) is 0 Å². The average Bonchev–Trinajstić information content (AvgIpc) is 2.15. The minimum Gasteiger partial charge on any atom is -0.387 e. The summed E-state index contributed by atoms with van der Waals surface area (Å²) in [6.07, 6.45) is -2.36. The molecule has 0 fully saturated rings. The molecule has 0 spiro atoms. The largest absolute Gasteiger partial charge is 0.387 e. The maximum absolute atomic E-state index is 10.0. The standard InChI is InChI=1S/C10H15NO/c1-8(11-2)10(12)9-6-4-3-5-7-9/h3-8,10-12H,1-2H3/i2D3,8D,10D. The van der Waals surface area contributed by atoms with Crippen LogP contribution in [-0.2, 0) is 0 Å². The number of hydrogen-bond acceptors (Lipinski definition) is 2. The lowest BCUT2D eigenvalue weighted by Gasteiger charge is -2.17. The molecule has 66 valence electrons. The van der Waals surface area contributed by atoms with Crippen LogP contribution in [-0.4, -0.2) is 18.1 Å². The van der Waals surface area contributed by atoms with E-state index in [0.29, 0.717) is 0 Å². The molecule has 2 atom stereocenters. The molecule has 1 rings (SSSR count). The van der Waals surface area contributed by atoms with E-state index < -0.39 is 19.1 Å². The van der Waals surface area contributed by atoms with Gasteiger partial charge in [-0.3, -0.25) is 0 Å². The van der Waals surface area contributed by atoms with Crippen LogP contribution in [0.4, 0.5) is 0 Å². The summed E-state index contributed by atoms with van der Waals surface area (Å²) < 4.78 is 36.7. The molecule has 0 amide bonds. The molecule has 0 saturated heterocycles. The van der Waals surface area contributed by atoms with Crippen LogP contribution in [0.1, 0.15) is 25.4 Å². The van der Waals surface area contributed by atoms with Crippen molar-refractivity contribution >= 4 is 0 Å². The molecule has 2 unspecified atom stereocenters. The third-order valence-corrected chi connectivity index (χ3v) is 1.59. The van der Waals surface area contributed by atoms with Crippen LogP contribution in [0.5, 0.6) is 0 Å². The van der Waals surface area contributed by atoms with E-state index >= 15 is 0 Å². The highest BCUT2D eigenvalue weighted by atomic mass is 16.3. The SMILES string of the molecule is [2H]C([2H])([2H])NC([2H])(C)C([2H])(O)c1ccccc1. The summed E-state index contributed by atoms with van der Waals surface area (Å²) in [5.74, 6) is 0. The lowest BCUT2D eigenvalue weighted by molar-refractivity contribution is 0.140. The molecule has 0 aliphatic rings. The normalized spacial score (nSPS) is 28.0. The zero-order chi connectivity index (χ0) is 13.3. The Bertz CT molecular complexity index is 374. The molecule has 0 heterocycles. The molecule has 0 aliphatic heterocycles. The van der Waals surface area contributed by atoms with Crippen molar-refractivity contribution in [3.05, 3.63) is 35.9 Å². The molecule has 2 heteroatoms. The van der Waals surface area contributed by atoms with Gasteiger partial charge in [0.1, 0.15) is 0 Å². The third-order valence-electron chi connectivity index (χ3n) is 1.59. The average molecular weight is 170 g/mol. The Morgan fingerprint density at radius 3 is 2.75 bits per heavy atom. The number of nitrogens with one attached hydrogen (secondary N) is 1. The molecule has 0 bridgehead atoms. The van der Waals surface area contributed by atoms with Gasteiger partial charge in [-0.2, -0.15) is 0 Å². The minimum atomic E-state index is -2.60. The van der Waals surface area contributed by atoms with Gasteiger partial charge >= 0.3 is 0 Å². The van der Waals surface area contributed by atoms with E-state index in [1.807, 2.05) is 5.32 Å². The van der Waals surface area contributed by atoms with Crippen LogP contribution >= 0.6 is 0 Å². The Morgan fingerprint density at radius 1 is 1.50 bits per heavy atom. The molecule has 1 aromatic rings. The smallest absolute Gasteiger partial charge is 0.0940 e. The van der Waals surface area contributed by atoms with Crippen molar-refractivity contribution in [2.24, 2.45) is 0 Å². The van der Waals surface area contributed by atoms with Gasteiger partial charge in [-0.25, -0.2) is 0 Å². The second-order valence-corrected chi connectivity index (χ2v) is 2.46. The molecule has 0 saturated carbocycles. The van der Waals surface area contributed by atoms with Gasteiger partial charge in [-0.05, 0) is 19.5 Å². The summed E-state index contributed by atoms with van der Waals surface area (Å²) in [7, 11) is 0. The van der Waals surface area contributed by atoms with E-state index in [9.17, 15) is 5.11 Å². The monoisotopic (exact) mass is 170 g/mol. The molecular formula is C10H15NO. The Labute approximate surface area is 80.3 Å². The first-order chi connectivity index (χ1) is 7.56. The van der Waals surface area contributed by atoms with E-state index in [1.165, 1.54) is 12.1 Å². The lowest BCUT2D eigenvalue weighted by Crippen LogP contribution is -2.28. The van der Waals surface area contributed by atoms with Crippen molar-refractivity contribution in [1.82, 2.24) is 5.32 Å². The Morgan fingerprint density at radius 2 is 2.17 bits per heavy atom. The topological polar surface area (TPSA) is 32.3 Å². The summed E-state index contributed by atoms with van der Waals surface area (Å²) in [4.78, 5) is 0. The van der Waals surface area contributed by atoms with Gasteiger partial charge in [-0.1, -0.05) is 30.3 Å². The quantitative estimate of drug-likeness (QED) is 0.717. The van der Waals surface area contributed by atoms with Crippen LogP contribution in [0.2, 0.25) is 0 Å². The molecule has 2 nitrogen and oxygen atoms in total. The van der Waals surface area contributed by atoms with Crippen LogP contribution < -0.4 is 5.32 Å². The Kier molecular flexibility index (Phi) is 1.55. The van der Waals surface area contributed by atoms with Gasteiger partial charge in [0, 0.05) is 11.5 Å². The first-order valence-corrected chi connectivity index (χ1v) is 3.63. The highest BCUT2D eigenvalue weighted by molar-refractivity contribution is 5.18. The maximum atomic E-state index is 10.0. The first-order valence-electron chi connectivity index (χ1n) is 6.13. The fraction of sp³-hybridized carbons (Fsp3) is 0.400. The van der Waals surface area contributed by atoms with Gasteiger partial charge in [-0.15, -0.1) is 0 Å². The van der Waals surface area contributed by atoms with Crippen molar-refractivity contribution in [2.45, 2.75) is 19.0 Å². The van der Waals surface area contributed by atoms with Gasteiger partial charge in [0.05, 0.1) is 7.45 Å². The summed E-state index contributed by atoms with van der Waals surface area (Å²) in [6.45, 7) is -1.44. The number of aliphatic hydroxyl groups is 1. The second kappa shape index (κ2) is 4.24. The third kappa shape index (κ3) is 2.06. The predicted molar refractivity (Wildman–Crippen MR) is 49.9 cm³/mol. The van der Waals surface area contributed by atoms with Gasteiger partial charge < -0.3 is 10.4 Å².